The Balaban J connectivity index is 2.02. The van der Waals surface area contributed by atoms with E-state index in [1.807, 2.05) is 0 Å². The molecule has 0 saturated heterocycles. The number of anilines is 2. The summed E-state index contributed by atoms with van der Waals surface area (Å²) in [7, 11) is 0. The van der Waals surface area contributed by atoms with E-state index < -0.39 is 5.91 Å². The number of rotatable bonds is 5. The summed E-state index contributed by atoms with van der Waals surface area (Å²) in [5, 5.41) is 6.09. The number of nitrogens with one attached hydrogen (secondary N) is 2. The van der Waals surface area contributed by atoms with E-state index in [2.05, 4.69) is 10.6 Å². The van der Waals surface area contributed by atoms with Gasteiger partial charge in [-0.1, -0.05) is 46.9 Å². The van der Waals surface area contributed by atoms with Crippen LogP contribution in [0, 0.1) is 0 Å². The van der Waals surface area contributed by atoms with Gasteiger partial charge in [-0.05, 0) is 18.2 Å². The van der Waals surface area contributed by atoms with Gasteiger partial charge in [0.05, 0.1) is 26.4 Å². The Morgan fingerprint density at radius 2 is 1.54 bits per heavy atom. The number of hydrogen-bond acceptors (Lipinski definition) is 3. The minimum atomic E-state index is -0.421. The summed E-state index contributed by atoms with van der Waals surface area (Å²) in [6, 6.07) is 9.68. The molecule has 5 nitrogen and oxygen atoms in total. The normalized spacial score (nSPS) is 10.2. The van der Waals surface area contributed by atoms with E-state index in [1.165, 1.54) is 19.1 Å². The molecule has 24 heavy (non-hydrogen) atoms. The number of para-hydroxylation sites is 2. The lowest BCUT2D eigenvalue weighted by atomic mass is 10.2. The van der Waals surface area contributed by atoms with Crippen LogP contribution in [0.1, 0.15) is 6.92 Å². The first kappa shape index (κ1) is 18.4. The van der Waals surface area contributed by atoms with Crippen LogP contribution in [0.15, 0.2) is 36.4 Å². The molecule has 0 bridgehead atoms. The minimum absolute atomic E-state index is 0.240. The summed E-state index contributed by atoms with van der Waals surface area (Å²) in [6.07, 6.45) is 0. The van der Waals surface area contributed by atoms with Crippen molar-refractivity contribution in [3.63, 3.8) is 0 Å². The van der Waals surface area contributed by atoms with Gasteiger partial charge in [-0.3, -0.25) is 9.59 Å². The van der Waals surface area contributed by atoms with Crippen molar-refractivity contribution in [2.75, 3.05) is 17.2 Å². The van der Waals surface area contributed by atoms with Gasteiger partial charge in [-0.15, -0.1) is 0 Å². The molecular weight excluding hydrogens is 375 g/mol. The van der Waals surface area contributed by atoms with Crippen LogP contribution in [-0.4, -0.2) is 18.4 Å². The summed E-state index contributed by atoms with van der Waals surface area (Å²) in [6.45, 7) is 1.10. The molecular formula is C16H13Cl3N2O3. The highest BCUT2D eigenvalue weighted by atomic mass is 35.5. The van der Waals surface area contributed by atoms with Gasteiger partial charge in [0, 0.05) is 13.0 Å². The number of halogens is 3. The average Bonchev–Trinajstić information content (AvgIpc) is 2.51. The highest BCUT2D eigenvalue weighted by molar-refractivity contribution is 6.43. The maximum Gasteiger partial charge on any atom is 0.262 e. The van der Waals surface area contributed by atoms with E-state index >= 15 is 0 Å². The maximum atomic E-state index is 12.0. The largest absolute Gasteiger partial charge is 0.482 e. The Labute approximate surface area is 153 Å². The lowest BCUT2D eigenvalue weighted by Gasteiger charge is -2.12. The topological polar surface area (TPSA) is 67.4 Å². The molecule has 2 amide bonds. The third kappa shape index (κ3) is 5.03. The Morgan fingerprint density at radius 1 is 0.958 bits per heavy atom. The number of carbonyl (C=O) groups is 2. The summed E-state index contributed by atoms with van der Waals surface area (Å²) < 4.78 is 5.35. The van der Waals surface area contributed by atoms with Crippen LogP contribution >= 0.6 is 34.8 Å². The van der Waals surface area contributed by atoms with Crippen molar-refractivity contribution < 1.29 is 14.3 Å². The number of carbonyl (C=O) groups excluding carboxylic acids is 2. The monoisotopic (exact) mass is 386 g/mol. The van der Waals surface area contributed by atoms with Crippen LogP contribution in [-0.2, 0) is 9.59 Å². The molecule has 0 aromatic heterocycles. The number of hydrogen-bond donors (Lipinski definition) is 2. The zero-order valence-electron chi connectivity index (χ0n) is 12.5. The molecule has 0 aliphatic carbocycles. The highest BCUT2D eigenvalue weighted by Crippen LogP contribution is 2.33. The van der Waals surface area contributed by atoms with Gasteiger partial charge in [0.1, 0.15) is 5.75 Å². The summed E-state index contributed by atoms with van der Waals surface area (Å²) in [4.78, 5) is 23.2. The van der Waals surface area contributed by atoms with Crippen molar-refractivity contribution in [2.45, 2.75) is 6.92 Å². The number of ether oxygens (including phenoxy) is 1. The van der Waals surface area contributed by atoms with E-state index in [9.17, 15) is 9.59 Å². The van der Waals surface area contributed by atoms with Gasteiger partial charge in [-0.2, -0.15) is 0 Å². The highest BCUT2D eigenvalue weighted by Gasteiger charge is 2.11. The van der Waals surface area contributed by atoms with Crippen molar-refractivity contribution >= 4 is 58.0 Å². The van der Waals surface area contributed by atoms with Crippen molar-refractivity contribution in [1.29, 1.82) is 0 Å². The molecule has 0 aliphatic rings. The smallest absolute Gasteiger partial charge is 0.262 e. The van der Waals surface area contributed by atoms with E-state index in [0.717, 1.165) is 0 Å². The Bertz CT molecular complexity index is 781. The Kier molecular flexibility index (Phi) is 6.31. The quantitative estimate of drug-likeness (QED) is 0.735. The maximum absolute atomic E-state index is 12.0. The van der Waals surface area contributed by atoms with E-state index in [0.29, 0.717) is 16.4 Å². The molecule has 0 saturated carbocycles. The predicted molar refractivity (Wildman–Crippen MR) is 96.3 cm³/mol. The molecule has 0 spiro atoms. The fraction of sp³-hybridized carbons (Fsp3) is 0.125. The minimum Gasteiger partial charge on any atom is -0.482 e. The average molecular weight is 388 g/mol. The van der Waals surface area contributed by atoms with E-state index in [1.54, 1.807) is 24.3 Å². The molecule has 0 heterocycles. The zero-order chi connectivity index (χ0) is 17.7. The first-order valence-electron chi connectivity index (χ1n) is 6.80. The Hall–Kier alpha value is -1.95. The van der Waals surface area contributed by atoms with Crippen LogP contribution in [0.25, 0.3) is 0 Å². The fourth-order valence-corrected chi connectivity index (χ4v) is 2.43. The Morgan fingerprint density at radius 3 is 2.17 bits per heavy atom. The summed E-state index contributed by atoms with van der Waals surface area (Å²) in [5.74, 6) is -0.415. The van der Waals surface area contributed by atoms with E-state index in [-0.39, 0.29) is 28.3 Å². The van der Waals surface area contributed by atoms with Gasteiger partial charge in [-0.25, -0.2) is 0 Å². The summed E-state index contributed by atoms with van der Waals surface area (Å²) >= 11 is 17.7. The molecule has 0 radical (unpaired) electrons. The van der Waals surface area contributed by atoms with Gasteiger partial charge in [0.15, 0.2) is 6.61 Å². The number of benzene rings is 2. The molecule has 0 fully saturated rings. The third-order valence-corrected chi connectivity index (χ3v) is 3.86. The van der Waals surface area contributed by atoms with Crippen LogP contribution < -0.4 is 15.4 Å². The molecule has 2 N–H and O–H groups in total. The first-order valence-corrected chi connectivity index (χ1v) is 7.94. The van der Waals surface area contributed by atoms with Crippen LogP contribution in [0.2, 0.25) is 15.1 Å². The van der Waals surface area contributed by atoms with Gasteiger partial charge < -0.3 is 15.4 Å². The molecule has 0 atom stereocenters. The van der Waals surface area contributed by atoms with Crippen LogP contribution in [0.3, 0.4) is 0 Å². The molecule has 2 aromatic carbocycles. The molecule has 8 heteroatoms. The molecule has 0 unspecified atom stereocenters. The molecule has 2 aromatic rings. The molecule has 126 valence electrons. The fourth-order valence-electron chi connectivity index (χ4n) is 1.84. The lowest BCUT2D eigenvalue weighted by Crippen LogP contribution is -2.21. The van der Waals surface area contributed by atoms with Gasteiger partial charge in [0.25, 0.3) is 5.91 Å². The zero-order valence-corrected chi connectivity index (χ0v) is 14.8. The van der Waals surface area contributed by atoms with Crippen LogP contribution in [0.5, 0.6) is 5.75 Å². The second-order valence-electron chi connectivity index (χ2n) is 4.76. The first-order chi connectivity index (χ1) is 11.4. The standard InChI is InChI=1S/C16H13Cl3N2O3/c1-9(22)20-13-4-2-3-5-14(13)21-16(23)8-24-15-7-11(18)10(17)6-12(15)19/h2-7H,8H2,1H3,(H,20,22)(H,21,23). The second-order valence-corrected chi connectivity index (χ2v) is 5.98. The second kappa shape index (κ2) is 8.24. The summed E-state index contributed by atoms with van der Waals surface area (Å²) in [5.41, 5.74) is 0.951. The molecule has 2 rings (SSSR count). The van der Waals surface area contributed by atoms with Gasteiger partial charge in [0.2, 0.25) is 5.91 Å². The SMILES string of the molecule is CC(=O)Nc1ccccc1NC(=O)COc1cc(Cl)c(Cl)cc1Cl. The van der Waals surface area contributed by atoms with Crippen molar-refractivity contribution in [3.05, 3.63) is 51.5 Å². The van der Waals surface area contributed by atoms with Gasteiger partial charge >= 0.3 is 0 Å². The number of amides is 2. The third-order valence-electron chi connectivity index (χ3n) is 2.85. The van der Waals surface area contributed by atoms with Crippen molar-refractivity contribution in [3.8, 4) is 5.75 Å². The van der Waals surface area contributed by atoms with Crippen molar-refractivity contribution in [1.82, 2.24) is 0 Å². The van der Waals surface area contributed by atoms with Crippen LogP contribution in [0.4, 0.5) is 11.4 Å². The predicted octanol–water partition coefficient (Wildman–Crippen LogP) is 4.62. The van der Waals surface area contributed by atoms with Crippen molar-refractivity contribution in [2.24, 2.45) is 0 Å². The van der Waals surface area contributed by atoms with E-state index in [4.69, 9.17) is 39.5 Å². The lowest BCUT2D eigenvalue weighted by molar-refractivity contribution is -0.118. The molecule has 0 aliphatic heterocycles.